The van der Waals surface area contributed by atoms with Crippen molar-refractivity contribution in [2.75, 3.05) is 26.9 Å². The van der Waals surface area contributed by atoms with Gasteiger partial charge >= 0.3 is 0 Å². The standard InChI is InChI=1S/C13H17NO4/c1-9(16)14(2)11(8-15)10-3-4-12-13(7-10)18-6-5-17-12/h3-4,7,11,15H,5-6,8H2,1-2H3. The van der Waals surface area contributed by atoms with E-state index in [0.29, 0.717) is 24.7 Å². The average Bonchev–Trinajstić information content (AvgIpc) is 2.39. The summed E-state index contributed by atoms with van der Waals surface area (Å²) in [6.07, 6.45) is 0. The van der Waals surface area contributed by atoms with Crippen molar-refractivity contribution < 1.29 is 19.4 Å². The van der Waals surface area contributed by atoms with Crippen molar-refractivity contribution in [1.82, 2.24) is 4.90 Å². The maximum Gasteiger partial charge on any atom is 0.219 e. The van der Waals surface area contributed by atoms with Crippen LogP contribution in [0, 0.1) is 0 Å². The number of rotatable bonds is 3. The summed E-state index contributed by atoms with van der Waals surface area (Å²) in [5, 5.41) is 9.44. The van der Waals surface area contributed by atoms with Crippen molar-refractivity contribution in [3.05, 3.63) is 23.8 Å². The van der Waals surface area contributed by atoms with Crippen LogP contribution >= 0.6 is 0 Å². The van der Waals surface area contributed by atoms with Gasteiger partial charge in [0.2, 0.25) is 5.91 Å². The Balaban J connectivity index is 2.28. The number of ether oxygens (including phenoxy) is 2. The molecule has 1 unspecified atom stereocenters. The first-order valence-electron chi connectivity index (χ1n) is 5.87. The zero-order valence-corrected chi connectivity index (χ0v) is 10.5. The van der Waals surface area contributed by atoms with Crippen LogP contribution in [0.3, 0.4) is 0 Å². The lowest BCUT2D eigenvalue weighted by atomic mass is 10.1. The number of benzene rings is 1. The third kappa shape index (κ3) is 2.41. The lowest BCUT2D eigenvalue weighted by molar-refractivity contribution is -0.130. The fourth-order valence-electron chi connectivity index (χ4n) is 1.94. The molecule has 5 nitrogen and oxygen atoms in total. The molecule has 1 amide bonds. The van der Waals surface area contributed by atoms with Gasteiger partial charge in [0, 0.05) is 14.0 Å². The topological polar surface area (TPSA) is 59.0 Å². The van der Waals surface area contributed by atoms with E-state index in [0.717, 1.165) is 5.56 Å². The molecule has 0 aromatic heterocycles. The maximum atomic E-state index is 11.4. The molecule has 0 saturated heterocycles. The second-order valence-corrected chi connectivity index (χ2v) is 4.23. The van der Waals surface area contributed by atoms with E-state index in [2.05, 4.69) is 0 Å². The molecule has 0 aliphatic carbocycles. The highest BCUT2D eigenvalue weighted by molar-refractivity contribution is 5.73. The third-order valence-corrected chi connectivity index (χ3v) is 3.09. The highest BCUT2D eigenvalue weighted by Gasteiger charge is 2.21. The summed E-state index contributed by atoms with van der Waals surface area (Å²) in [6.45, 7) is 2.41. The van der Waals surface area contributed by atoms with Crippen LogP contribution in [0.2, 0.25) is 0 Å². The number of fused-ring (bicyclic) bond motifs is 1. The Bertz CT molecular complexity index is 447. The van der Waals surface area contributed by atoms with Crippen LogP contribution in [0.5, 0.6) is 11.5 Å². The summed E-state index contributed by atoms with van der Waals surface area (Å²) < 4.78 is 10.9. The van der Waals surface area contributed by atoms with Crippen molar-refractivity contribution in [3.8, 4) is 11.5 Å². The fourth-order valence-corrected chi connectivity index (χ4v) is 1.94. The zero-order chi connectivity index (χ0) is 13.1. The third-order valence-electron chi connectivity index (χ3n) is 3.09. The first kappa shape index (κ1) is 12.7. The molecule has 1 aromatic rings. The lowest BCUT2D eigenvalue weighted by Crippen LogP contribution is -2.31. The maximum absolute atomic E-state index is 11.4. The molecule has 0 radical (unpaired) electrons. The summed E-state index contributed by atoms with van der Waals surface area (Å²) in [7, 11) is 1.67. The smallest absolute Gasteiger partial charge is 0.219 e. The Labute approximate surface area is 106 Å². The average molecular weight is 251 g/mol. The number of carbonyl (C=O) groups is 1. The Hall–Kier alpha value is -1.75. The van der Waals surface area contributed by atoms with Crippen LogP contribution in [0.15, 0.2) is 18.2 Å². The first-order chi connectivity index (χ1) is 8.63. The zero-order valence-electron chi connectivity index (χ0n) is 10.5. The van der Waals surface area contributed by atoms with E-state index in [-0.39, 0.29) is 18.6 Å². The minimum absolute atomic E-state index is 0.0936. The van der Waals surface area contributed by atoms with Gasteiger partial charge in [-0.1, -0.05) is 6.07 Å². The Morgan fingerprint density at radius 1 is 1.39 bits per heavy atom. The van der Waals surface area contributed by atoms with Crippen molar-refractivity contribution in [2.45, 2.75) is 13.0 Å². The number of hydrogen-bond donors (Lipinski definition) is 1. The van der Waals surface area contributed by atoms with Gasteiger partial charge in [0.05, 0.1) is 12.6 Å². The summed E-state index contributed by atoms with van der Waals surface area (Å²) in [5.74, 6) is 1.27. The number of likely N-dealkylation sites (N-methyl/N-ethyl adjacent to an activating group) is 1. The highest BCUT2D eigenvalue weighted by atomic mass is 16.6. The number of amides is 1. The first-order valence-corrected chi connectivity index (χ1v) is 5.87. The van der Waals surface area contributed by atoms with E-state index in [1.807, 2.05) is 12.1 Å². The second kappa shape index (κ2) is 5.27. The van der Waals surface area contributed by atoms with Crippen molar-refractivity contribution in [2.24, 2.45) is 0 Å². The molecule has 1 heterocycles. The van der Waals surface area contributed by atoms with Crippen molar-refractivity contribution in [3.63, 3.8) is 0 Å². The minimum Gasteiger partial charge on any atom is -0.486 e. The summed E-state index contributed by atoms with van der Waals surface area (Å²) in [6, 6.07) is 5.10. The van der Waals surface area contributed by atoms with E-state index in [1.165, 1.54) is 11.8 Å². The molecule has 1 aliphatic heterocycles. The Morgan fingerprint density at radius 2 is 2.06 bits per heavy atom. The molecule has 2 rings (SSSR count). The van der Waals surface area contributed by atoms with Gasteiger partial charge in [-0.3, -0.25) is 4.79 Å². The molecule has 5 heteroatoms. The van der Waals surface area contributed by atoms with Crippen LogP contribution in [0.4, 0.5) is 0 Å². The van der Waals surface area contributed by atoms with Gasteiger partial charge < -0.3 is 19.5 Å². The fraction of sp³-hybridized carbons (Fsp3) is 0.462. The summed E-state index contributed by atoms with van der Waals surface area (Å²) in [5.41, 5.74) is 0.833. The van der Waals surface area contributed by atoms with Crippen LogP contribution < -0.4 is 9.47 Å². The van der Waals surface area contributed by atoms with E-state index in [1.54, 1.807) is 13.1 Å². The predicted octanol–water partition coefficient (Wildman–Crippen LogP) is 0.970. The number of nitrogens with zero attached hydrogens (tertiary/aromatic N) is 1. The van der Waals surface area contributed by atoms with Crippen molar-refractivity contribution in [1.29, 1.82) is 0 Å². The number of hydrogen-bond acceptors (Lipinski definition) is 4. The quantitative estimate of drug-likeness (QED) is 0.869. The second-order valence-electron chi connectivity index (χ2n) is 4.23. The molecule has 18 heavy (non-hydrogen) atoms. The largest absolute Gasteiger partial charge is 0.486 e. The van der Waals surface area contributed by atoms with E-state index in [9.17, 15) is 9.90 Å². The Kier molecular flexibility index (Phi) is 3.72. The van der Waals surface area contributed by atoms with Gasteiger partial charge in [0.15, 0.2) is 11.5 Å². The van der Waals surface area contributed by atoms with Gasteiger partial charge in [-0.2, -0.15) is 0 Å². The normalized spacial score (nSPS) is 15.1. The predicted molar refractivity (Wildman–Crippen MR) is 65.7 cm³/mol. The van der Waals surface area contributed by atoms with E-state index >= 15 is 0 Å². The molecule has 1 aliphatic rings. The molecule has 0 fully saturated rings. The number of carbonyl (C=O) groups excluding carboxylic acids is 1. The van der Waals surface area contributed by atoms with Crippen LogP contribution in [-0.4, -0.2) is 42.8 Å². The summed E-state index contributed by atoms with van der Waals surface area (Å²) in [4.78, 5) is 12.9. The van der Waals surface area contributed by atoms with E-state index < -0.39 is 0 Å². The number of aliphatic hydroxyl groups excluding tert-OH is 1. The molecule has 1 aromatic carbocycles. The van der Waals surface area contributed by atoms with Crippen LogP contribution in [0.25, 0.3) is 0 Å². The minimum atomic E-state index is -0.363. The molecular formula is C13H17NO4. The van der Waals surface area contributed by atoms with Crippen LogP contribution in [-0.2, 0) is 4.79 Å². The number of aliphatic hydroxyl groups is 1. The SMILES string of the molecule is CC(=O)N(C)C(CO)c1ccc2c(c1)OCCO2. The Morgan fingerprint density at radius 3 is 2.67 bits per heavy atom. The van der Waals surface area contributed by atoms with Gasteiger partial charge in [-0.15, -0.1) is 0 Å². The van der Waals surface area contributed by atoms with Gasteiger partial charge in [0.1, 0.15) is 13.2 Å². The van der Waals surface area contributed by atoms with Crippen molar-refractivity contribution >= 4 is 5.91 Å². The van der Waals surface area contributed by atoms with E-state index in [4.69, 9.17) is 9.47 Å². The lowest BCUT2D eigenvalue weighted by Gasteiger charge is -2.27. The highest BCUT2D eigenvalue weighted by Crippen LogP contribution is 2.33. The van der Waals surface area contributed by atoms with Crippen LogP contribution in [0.1, 0.15) is 18.5 Å². The van der Waals surface area contributed by atoms with Gasteiger partial charge in [0.25, 0.3) is 0 Å². The molecule has 98 valence electrons. The molecule has 0 saturated carbocycles. The summed E-state index contributed by atoms with van der Waals surface area (Å²) >= 11 is 0. The molecular weight excluding hydrogens is 234 g/mol. The molecule has 1 atom stereocenters. The molecule has 0 spiro atoms. The van der Waals surface area contributed by atoms with Gasteiger partial charge in [-0.05, 0) is 17.7 Å². The molecule has 1 N–H and O–H groups in total. The molecule has 0 bridgehead atoms. The van der Waals surface area contributed by atoms with Gasteiger partial charge in [-0.25, -0.2) is 0 Å². The monoisotopic (exact) mass is 251 g/mol.